The Labute approximate surface area is 311 Å². The van der Waals surface area contributed by atoms with E-state index in [0.717, 1.165) is 27.4 Å². The van der Waals surface area contributed by atoms with Gasteiger partial charge in [0.1, 0.15) is 23.1 Å². The van der Waals surface area contributed by atoms with Crippen molar-refractivity contribution in [2.75, 3.05) is 0 Å². The van der Waals surface area contributed by atoms with E-state index in [-0.39, 0.29) is 27.3 Å². The summed E-state index contributed by atoms with van der Waals surface area (Å²) in [5, 5.41) is 24.8. The Balaban J connectivity index is 1.13. The van der Waals surface area contributed by atoms with Crippen molar-refractivity contribution >= 4 is 27.5 Å². The van der Waals surface area contributed by atoms with Crippen LogP contribution in [0.2, 0.25) is 0 Å². The zero-order chi connectivity index (χ0) is 39.4. The summed E-state index contributed by atoms with van der Waals surface area (Å²) in [6.45, 7) is 3.99. The maximum Gasteiger partial charge on any atom is 0.284 e. The normalized spacial score (nSPS) is 12.7. The van der Waals surface area contributed by atoms with Crippen LogP contribution in [0.25, 0.3) is 61.0 Å². The fourth-order valence-electron chi connectivity index (χ4n) is 6.91. The van der Waals surface area contributed by atoms with Gasteiger partial charge in [-0.25, -0.2) is 4.98 Å². The van der Waals surface area contributed by atoms with Crippen LogP contribution in [0, 0.1) is 17.0 Å². The largest absolute Gasteiger partial charge is 0.508 e. The lowest BCUT2D eigenvalue weighted by Crippen LogP contribution is -2.10. The van der Waals surface area contributed by atoms with Gasteiger partial charge in [0.25, 0.3) is 5.69 Å². The Morgan fingerprint density at radius 2 is 1.42 bits per heavy atom. The standard InChI is InChI=1S/C46H37N3O4/c1-29-24-44(48-42-23-18-33(46(2,3)4)26-40(42)39-22-19-34(50)27-43(39)48)47-28-41(29)31-16-20-35(21-17-31)53-36-13-8-12-32(25-36)38-15-9-14-37(45(38)49(51)52)30-10-6-5-7-11-30/h5-28,50H,1-4H3/i1D3. The molecule has 0 aliphatic heterocycles. The SMILES string of the molecule is [2H]C([2H])([2H])c1cc(-n2c3ccc(C(C)(C)C)cc3c3ccc(O)cc32)ncc1-c1ccc(Oc2cccc(-c3cccc(-c4ccccc4)c3[N+](=O)[O-])c2)cc1. The quantitative estimate of drug-likeness (QED) is 0.132. The third-order valence-corrected chi connectivity index (χ3v) is 9.58. The highest BCUT2D eigenvalue weighted by molar-refractivity contribution is 6.09. The molecule has 0 aliphatic rings. The highest BCUT2D eigenvalue weighted by Gasteiger charge is 2.23. The fraction of sp³-hybridized carbons (Fsp3) is 0.109. The molecule has 8 aromatic rings. The molecule has 0 unspecified atom stereocenters. The summed E-state index contributed by atoms with van der Waals surface area (Å²) in [5.74, 6) is 1.50. The van der Waals surface area contributed by atoms with Gasteiger partial charge in [0.15, 0.2) is 0 Å². The summed E-state index contributed by atoms with van der Waals surface area (Å²) in [6.07, 6.45) is 1.58. The van der Waals surface area contributed by atoms with E-state index in [1.54, 1.807) is 79.0 Å². The Bertz CT molecular complexity index is 2790. The zero-order valence-corrected chi connectivity index (χ0v) is 29.4. The average molecular weight is 699 g/mol. The molecule has 53 heavy (non-hydrogen) atoms. The molecular formula is C46H37N3O4. The molecule has 0 spiro atoms. The lowest BCUT2D eigenvalue weighted by Gasteiger charge is -2.19. The number of fused-ring (bicyclic) bond motifs is 3. The molecule has 0 amide bonds. The van der Waals surface area contributed by atoms with Crippen LogP contribution in [0.15, 0.2) is 146 Å². The number of phenols is 1. The van der Waals surface area contributed by atoms with E-state index in [2.05, 4.69) is 32.9 Å². The molecule has 0 saturated heterocycles. The van der Waals surface area contributed by atoms with E-state index < -0.39 is 6.85 Å². The summed E-state index contributed by atoms with van der Waals surface area (Å²) in [5.41, 5.74) is 6.23. The topological polar surface area (TPSA) is 90.4 Å². The number of aromatic nitrogens is 2. The van der Waals surface area contributed by atoms with Crippen molar-refractivity contribution in [1.82, 2.24) is 9.55 Å². The number of hydrogen-bond donors (Lipinski definition) is 1. The smallest absolute Gasteiger partial charge is 0.284 e. The summed E-state index contributed by atoms with van der Waals surface area (Å²) in [4.78, 5) is 16.8. The number of ether oxygens (including phenoxy) is 1. The van der Waals surface area contributed by atoms with Crippen LogP contribution in [0.4, 0.5) is 5.69 Å². The van der Waals surface area contributed by atoms with E-state index in [1.807, 2.05) is 59.2 Å². The molecule has 0 radical (unpaired) electrons. The second-order valence-electron chi connectivity index (χ2n) is 14.1. The van der Waals surface area contributed by atoms with Crippen LogP contribution in [0.5, 0.6) is 17.2 Å². The van der Waals surface area contributed by atoms with Gasteiger partial charge < -0.3 is 9.84 Å². The van der Waals surface area contributed by atoms with Gasteiger partial charge in [-0.1, -0.05) is 87.5 Å². The molecule has 8 rings (SSSR count). The first kappa shape index (κ1) is 29.9. The van der Waals surface area contributed by atoms with Crippen LogP contribution >= 0.6 is 0 Å². The van der Waals surface area contributed by atoms with Crippen molar-refractivity contribution < 1.29 is 18.9 Å². The Morgan fingerprint density at radius 1 is 0.698 bits per heavy atom. The van der Waals surface area contributed by atoms with Crippen LogP contribution in [-0.2, 0) is 5.41 Å². The third-order valence-electron chi connectivity index (χ3n) is 9.58. The maximum absolute atomic E-state index is 12.4. The lowest BCUT2D eigenvalue weighted by atomic mass is 9.86. The fourth-order valence-corrected chi connectivity index (χ4v) is 6.91. The summed E-state index contributed by atoms with van der Waals surface area (Å²) >= 11 is 0. The maximum atomic E-state index is 12.4. The lowest BCUT2D eigenvalue weighted by molar-refractivity contribution is -0.383. The van der Waals surface area contributed by atoms with Crippen molar-refractivity contribution in [2.24, 2.45) is 0 Å². The zero-order valence-electron chi connectivity index (χ0n) is 32.4. The monoisotopic (exact) mass is 698 g/mol. The molecule has 0 aliphatic carbocycles. The molecule has 0 bridgehead atoms. The molecule has 7 nitrogen and oxygen atoms in total. The summed E-state index contributed by atoms with van der Waals surface area (Å²) in [6, 6.07) is 41.8. The van der Waals surface area contributed by atoms with Crippen molar-refractivity contribution in [1.29, 1.82) is 0 Å². The minimum absolute atomic E-state index is 0.0101. The number of pyridine rings is 1. The molecule has 6 aromatic carbocycles. The first-order valence-electron chi connectivity index (χ1n) is 18.8. The third kappa shape index (κ3) is 6.27. The highest BCUT2D eigenvalue weighted by Crippen LogP contribution is 2.41. The average Bonchev–Trinajstić information content (AvgIpc) is 3.50. The summed E-state index contributed by atoms with van der Waals surface area (Å²) < 4.78 is 33.7. The van der Waals surface area contributed by atoms with Crippen LogP contribution in [0.3, 0.4) is 0 Å². The number of nitro benzene ring substituents is 1. The number of nitrogens with zero attached hydrogens (tertiary/aromatic N) is 3. The molecule has 0 saturated carbocycles. The van der Waals surface area contributed by atoms with Crippen molar-refractivity contribution in [3.05, 3.63) is 167 Å². The van der Waals surface area contributed by atoms with Crippen molar-refractivity contribution in [3.8, 4) is 56.4 Å². The number of nitro groups is 1. The van der Waals surface area contributed by atoms with Gasteiger partial charge in [-0.2, -0.15) is 0 Å². The second kappa shape index (κ2) is 13.1. The number of aryl methyl sites for hydroxylation is 1. The van der Waals surface area contributed by atoms with Crippen LogP contribution in [-0.4, -0.2) is 19.6 Å². The van der Waals surface area contributed by atoms with Gasteiger partial charge in [0.05, 0.1) is 27.1 Å². The predicted octanol–water partition coefficient (Wildman–Crippen LogP) is 12.2. The van der Waals surface area contributed by atoms with Gasteiger partial charge in [-0.3, -0.25) is 14.7 Å². The number of aromatic hydroxyl groups is 1. The Kier molecular flexibility index (Phi) is 7.41. The van der Waals surface area contributed by atoms with E-state index in [0.29, 0.717) is 50.7 Å². The van der Waals surface area contributed by atoms with E-state index in [1.165, 1.54) is 0 Å². The van der Waals surface area contributed by atoms with Gasteiger partial charge in [0, 0.05) is 32.7 Å². The van der Waals surface area contributed by atoms with Gasteiger partial charge >= 0.3 is 0 Å². The number of hydrogen-bond acceptors (Lipinski definition) is 5. The van der Waals surface area contributed by atoms with Gasteiger partial charge in [-0.05, 0) is 107 Å². The number of phenolic OH excluding ortho intramolecular Hbond substituents is 1. The first-order chi connectivity index (χ1) is 26.8. The van der Waals surface area contributed by atoms with Gasteiger partial charge in [0.2, 0.25) is 0 Å². The molecule has 2 aromatic heterocycles. The second-order valence-corrected chi connectivity index (χ2v) is 14.1. The highest BCUT2D eigenvalue weighted by atomic mass is 16.6. The number of rotatable bonds is 7. The summed E-state index contributed by atoms with van der Waals surface area (Å²) in [7, 11) is 0. The molecule has 2 heterocycles. The van der Waals surface area contributed by atoms with Crippen molar-refractivity contribution in [3.63, 3.8) is 0 Å². The minimum atomic E-state index is -2.47. The Morgan fingerprint density at radius 3 is 2.15 bits per heavy atom. The van der Waals surface area contributed by atoms with Crippen LogP contribution < -0.4 is 4.74 Å². The van der Waals surface area contributed by atoms with E-state index in [9.17, 15) is 15.2 Å². The predicted molar refractivity (Wildman–Crippen MR) is 213 cm³/mol. The van der Waals surface area contributed by atoms with Crippen LogP contribution in [0.1, 0.15) is 36.0 Å². The molecule has 0 atom stereocenters. The first-order valence-corrected chi connectivity index (χ1v) is 17.3. The number of para-hydroxylation sites is 1. The molecule has 7 heteroatoms. The van der Waals surface area contributed by atoms with Crippen molar-refractivity contribution in [2.45, 2.75) is 33.0 Å². The molecular weight excluding hydrogens is 659 g/mol. The van der Waals surface area contributed by atoms with E-state index in [4.69, 9.17) is 13.8 Å². The molecule has 1 N–H and O–H groups in total. The number of benzene rings is 6. The van der Waals surface area contributed by atoms with Gasteiger partial charge in [-0.15, -0.1) is 0 Å². The Hall–Kier alpha value is -6.73. The molecule has 0 fully saturated rings. The molecule has 260 valence electrons. The van der Waals surface area contributed by atoms with E-state index >= 15 is 0 Å². The minimum Gasteiger partial charge on any atom is -0.508 e.